The molecule has 7 rings (SSSR count). The molecule has 12 heteroatoms. The van der Waals surface area contributed by atoms with Gasteiger partial charge in [-0.3, -0.25) is 9.80 Å². The lowest BCUT2D eigenvalue weighted by Crippen LogP contribution is -2.68. The number of methoxy groups -OCH3 is 4. The van der Waals surface area contributed by atoms with Gasteiger partial charge in [0, 0.05) is 64.1 Å². The van der Waals surface area contributed by atoms with Crippen molar-refractivity contribution in [3.05, 3.63) is 63.2 Å². The van der Waals surface area contributed by atoms with Crippen molar-refractivity contribution in [3.63, 3.8) is 0 Å². The molecule has 0 radical (unpaired) electrons. The number of hydrogen-bond acceptors (Lipinski definition) is 11. The quantitative estimate of drug-likeness (QED) is 0.361. The van der Waals surface area contributed by atoms with Crippen molar-refractivity contribution in [2.75, 3.05) is 48.7 Å². The number of rotatable bonds is 6. The first-order valence-corrected chi connectivity index (χ1v) is 17.1. The van der Waals surface area contributed by atoms with E-state index in [1.807, 2.05) is 45.2 Å². The summed E-state index contributed by atoms with van der Waals surface area (Å²) in [6, 6.07) is 8.65. The van der Waals surface area contributed by atoms with E-state index in [4.69, 9.17) is 28.3 Å². The molecule has 0 aromatic heterocycles. The Bertz CT molecular complexity index is 1870. The van der Waals surface area contributed by atoms with Crippen LogP contribution in [0.1, 0.15) is 64.9 Å². The van der Waals surface area contributed by atoms with Gasteiger partial charge < -0.3 is 38.5 Å². The molecular formula is C38H46BN3O8. The summed E-state index contributed by atoms with van der Waals surface area (Å²) in [5.41, 5.74) is 6.22. The third kappa shape index (κ3) is 4.93. The third-order valence-corrected chi connectivity index (χ3v) is 11.3. The van der Waals surface area contributed by atoms with Gasteiger partial charge in [-0.25, -0.2) is 0 Å². The number of ether oxygens (including phenoxy) is 4. The molecule has 1 unspecified atom stereocenters. The molecule has 50 heavy (non-hydrogen) atoms. The van der Waals surface area contributed by atoms with E-state index >= 15 is 0 Å². The Morgan fingerprint density at radius 3 is 1.82 bits per heavy atom. The van der Waals surface area contributed by atoms with Gasteiger partial charge in [0.05, 0.1) is 46.6 Å². The van der Waals surface area contributed by atoms with Crippen molar-refractivity contribution in [1.82, 2.24) is 9.80 Å². The monoisotopic (exact) mass is 683 g/mol. The van der Waals surface area contributed by atoms with Crippen molar-refractivity contribution in [1.29, 1.82) is 5.26 Å². The zero-order valence-corrected chi connectivity index (χ0v) is 30.3. The summed E-state index contributed by atoms with van der Waals surface area (Å²) < 4.78 is 35.7. The lowest BCUT2D eigenvalue weighted by molar-refractivity contribution is -0.0652. The second kappa shape index (κ2) is 12.6. The third-order valence-electron chi connectivity index (χ3n) is 11.3. The molecule has 0 amide bonds. The number of likely N-dealkylation sites (N-methyl/N-ethyl adjacent to an activating group) is 1. The van der Waals surface area contributed by atoms with Gasteiger partial charge in [-0.1, -0.05) is 38.1 Å². The van der Waals surface area contributed by atoms with Crippen LogP contribution in [-0.4, -0.2) is 94.0 Å². The van der Waals surface area contributed by atoms with Gasteiger partial charge >= 0.3 is 7.12 Å². The molecule has 5 atom stereocenters. The molecule has 2 bridgehead atoms. The highest BCUT2D eigenvalue weighted by Crippen LogP contribution is 2.59. The van der Waals surface area contributed by atoms with Crippen LogP contribution in [0.4, 0.5) is 0 Å². The van der Waals surface area contributed by atoms with Crippen LogP contribution >= 0.6 is 0 Å². The molecule has 0 aliphatic carbocycles. The fourth-order valence-electron chi connectivity index (χ4n) is 9.13. The lowest BCUT2D eigenvalue weighted by atomic mass is 9.70. The first-order chi connectivity index (χ1) is 23.9. The Balaban J connectivity index is 1.46. The maximum absolute atomic E-state index is 12.0. The lowest BCUT2D eigenvalue weighted by Gasteiger charge is -2.60. The molecule has 0 spiro atoms. The van der Waals surface area contributed by atoms with E-state index in [0.29, 0.717) is 60.2 Å². The normalized spacial score (nSPS) is 25.5. The first-order valence-electron chi connectivity index (χ1n) is 17.1. The van der Waals surface area contributed by atoms with Crippen LogP contribution in [-0.2, 0) is 22.2 Å². The standard InChI is InChI=1S/C38H46BN3O8/c1-19-34(45-6)23-14-25-27(16-40)42-26(31(41(25)5)29(23)33(44)37(19)48-9)15-24-28(32(43)36(47-8)20(2)35(24)46-7)30(42)21-10-12-22(13-11-21)39-49-17-38(3,4)18-50-39/h10-13,25-27,30-31,43-44H,14-15,17-18H2,1-9H3/t25-,26+,27+,30?,31-/m1/s1. The molecule has 4 heterocycles. The van der Waals surface area contributed by atoms with Crippen LogP contribution in [0.25, 0.3) is 0 Å². The van der Waals surface area contributed by atoms with Crippen molar-refractivity contribution in [3.8, 4) is 40.6 Å². The fourth-order valence-corrected chi connectivity index (χ4v) is 9.13. The van der Waals surface area contributed by atoms with Gasteiger partial charge in [-0.05, 0) is 44.8 Å². The summed E-state index contributed by atoms with van der Waals surface area (Å²) >= 11 is 0. The van der Waals surface area contributed by atoms with E-state index in [-0.39, 0.29) is 35.0 Å². The molecule has 3 aromatic rings. The van der Waals surface area contributed by atoms with Gasteiger partial charge in [0.25, 0.3) is 0 Å². The van der Waals surface area contributed by atoms with E-state index in [9.17, 15) is 15.5 Å². The topological polar surface area (TPSA) is 126 Å². The van der Waals surface area contributed by atoms with Crippen LogP contribution < -0.4 is 24.4 Å². The zero-order valence-electron chi connectivity index (χ0n) is 30.3. The number of fused-ring (bicyclic) bond motifs is 7. The number of hydrogen-bond donors (Lipinski definition) is 2. The van der Waals surface area contributed by atoms with Gasteiger partial charge in [-0.2, -0.15) is 5.26 Å². The van der Waals surface area contributed by atoms with Gasteiger partial charge in [0.2, 0.25) is 0 Å². The van der Waals surface area contributed by atoms with Crippen LogP contribution in [0.3, 0.4) is 0 Å². The Labute approximate surface area is 294 Å². The first kappa shape index (κ1) is 34.3. The van der Waals surface area contributed by atoms with Crippen molar-refractivity contribution >= 4 is 12.6 Å². The summed E-state index contributed by atoms with van der Waals surface area (Å²) in [4.78, 5) is 4.45. The molecule has 4 aliphatic heterocycles. The van der Waals surface area contributed by atoms with Crippen LogP contribution in [0.2, 0.25) is 0 Å². The van der Waals surface area contributed by atoms with E-state index in [1.54, 1.807) is 21.3 Å². The SMILES string of the molecule is COc1c(C)c(OC)c2c(c1O)C(c1ccc(B3OCC(C)(C)CO3)cc1)N1[C@@H](C#N)[C@H]3Cc4c(OC)c(C)c(OC)c(O)c4[C@@H]([C@@H]1C2)N3C. The Hall–Kier alpha value is -4.15. The molecule has 264 valence electrons. The summed E-state index contributed by atoms with van der Waals surface area (Å²) in [6.07, 6.45) is 0.908. The summed E-state index contributed by atoms with van der Waals surface area (Å²) in [5, 5.41) is 35.0. The predicted octanol–water partition coefficient (Wildman–Crippen LogP) is 4.34. The number of aromatic hydroxyl groups is 2. The Kier molecular flexibility index (Phi) is 8.62. The molecule has 11 nitrogen and oxygen atoms in total. The van der Waals surface area contributed by atoms with Gasteiger partial charge in [0.15, 0.2) is 23.0 Å². The molecule has 3 aromatic carbocycles. The number of phenolic OH excluding ortho intramolecular Hbond substituents is 2. The Morgan fingerprint density at radius 2 is 1.30 bits per heavy atom. The minimum Gasteiger partial charge on any atom is -0.504 e. The van der Waals surface area contributed by atoms with Crippen LogP contribution in [0.15, 0.2) is 24.3 Å². The van der Waals surface area contributed by atoms with Crippen molar-refractivity contribution < 1.29 is 38.5 Å². The minimum absolute atomic E-state index is 0.0255. The van der Waals surface area contributed by atoms with Crippen molar-refractivity contribution in [2.45, 2.75) is 70.7 Å². The second-order valence-corrected chi connectivity index (χ2v) is 14.7. The van der Waals surface area contributed by atoms with Crippen LogP contribution in [0.5, 0.6) is 34.5 Å². The van der Waals surface area contributed by atoms with E-state index in [1.165, 1.54) is 7.11 Å². The maximum atomic E-state index is 12.0. The maximum Gasteiger partial charge on any atom is 0.493 e. The molecule has 4 aliphatic rings. The van der Waals surface area contributed by atoms with Crippen LogP contribution in [0, 0.1) is 30.6 Å². The van der Waals surface area contributed by atoms with Gasteiger partial charge in [0.1, 0.15) is 17.5 Å². The van der Waals surface area contributed by atoms with Crippen molar-refractivity contribution in [2.24, 2.45) is 5.41 Å². The van der Waals surface area contributed by atoms with E-state index in [0.717, 1.165) is 33.3 Å². The number of piperazine rings is 1. The van der Waals surface area contributed by atoms with E-state index in [2.05, 4.69) is 29.7 Å². The molecule has 0 saturated carbocycles. The summed E-state index contributed by atoms with van der Waals surface area (Å²) in [5.74, 6) is 2.10. The molecule has 2 fully saturated rings. The number of phenols is 2. The Morgan fingerprint density at radius 1 is 0.800 bits per heavy atom. The zero-order chi connectivity index (χ0) is 35.8. The fraction of sp³-hybridized carbons (Fsp3) is 0.500. The predicted molar refractivity (Wildman–Crippen MR) is 188 cm³/mol. The second-order valence-electron chi connectivity index (χ2n) is 14.7. The molecular weight excluding hydrogens is 637 g/mol. The highest BCUT2D eigenvalue weighted by atomic mass is 16.6. The number of nitriles is 1. The minimum atomic E-state index is -0.591. The van der Waals surface area contributed by atoms with Gasteiger partial charge in [-0.15, -0.1) is 0 Å². The van der Waals surface area contributed by atoms with E-state index < -0.39 is 19.2 Å². The average Bonchev–Trinajstić information content (AvgIpc) is 3.09. The number of benzene rings is 3. The average molecular weight is 684 g/mol. The number of nitrogens with zero attached hydrogens (tertiary/aromatic N) is 3. The molecule has 2 N–H and O–H groups in total. The summed E-state index contributed by atoms with van der Waals surface area (Å²) in [7, 11) is 7.88. The summed E-state index contributed by atoms with van der Waals surface area (Å²) in [6.45, 7) is 9.15. The molecule has 2 saturated heterocycles. The highest BCUT2D eigenvalue weighted by Gasteiger charge is 2.57. The largest absolute Gasteiger partial charge is 0.504 e. The smallest absolute Gasteiger partial charge is 0.493 e. The highest BCUT2D eigenvalue weighted by molar-refractivity contribution is 6.61.